The number of sulfone groups is 1. The van der Waals surface area contributed by atoms with Crippen molar-refractivity contribution in [1.29, 1.82) is 0 Å². The lowest BCUT2D eigenvalue weighted by Gasteiger charge is -2.09. The van der Waals surface area contributed by atoms with Gasteiger partial charge in [0.2, 0.25) is 0 Å². The fourth-order valence-corrected chi connectivity index (χ4v) is 4.43. The van der Waals surface area contributed by atoms with Gasteiger partial charge in [-0.1, -0.05) is 25.0 Å². The third-order valence-corrected chi connectivity index (χ3v) is 5.83. The Kier molecular flexibility index (Phi) is 3.74. The molecule has 3 rings (SSSR count). The fourth-order valence-electron chi connectivity index (χ4n) is 2.83. The van der Waals surface area contributed by atoms with Gasteiger partial charge in [0.05, 0.1) is 17.3 Å². The second kappa shape index (κ2) is 5.45. The van der Waals surface area contributed by atoms with E-state index < -0.39 is 9.84 Å². The molecule has 0 saturated heterocycles. The summed E-state index contributed by atoms with van der Waals surface area (Å²) in [6, 6.07) is 10.0. The van der Waals surface area contributed by atoms with Crippen molar-refractivity contribution in [2.45, 2.75) is 31.0 Å². The summed E-state index contributed by atoms with van der Waals surface area (Å²) in [5.41, 5.74) is 3.49. The van der Waals surface area contributed by atoms with Crippen LogP contribution in [0.2, 0.25) is 6.82 Å². The molecule has 4 nitrogen and oxygen atoms in total. The van der Waals surface area contributed by atoms with E-state index in [1.165, 1.54) is 18.2 Å². The Bertz CT molecular complexity index is 830. The van der Waals surface area contributed by atoms with Crippen molar-refractivity contribution in [2.24, 2.45) is 0 Å². The first-order chi connectivity index (χ1) is 10.4. The first-order valence-corrected chi connectivity index (χ1v) is 8.78. The van der Waals surface area contributed by atoms with Crippen LogP contribution in [0.25, 0.3) is 0 Å². The molecule has 0 spiro atoms. The van der Waals surface area contributed by atoms with E-state index in [0.29, 0.717) is 12.2 Å². The van der Waals surface area contributed by atoms with Crippen LogP contribution in [0.4, 0.5) is 0 Å². The lowest BCUT2D eigenvalue weighted by Crippen LogP contribution is -2.25. The lowest BCUT2D eigenvalue weighted by molar-refractivity contribution is 0.333. The number of aromatic hydroxyl groups is 1. The van der Waals surface area contributed by atoms with Gasteiger partial charge in [-0.25, -0.2) is 8.42 Å². The predicted octanol–water partition coefficient (Wildman–Crippen LogP) is 2.03. The van der Waals surface area contributed by atoms with Crippen LogP contribution in [0.15, 0.2) is 41.3 Å². The zero-order valence-electron chi connectivity index (χ0n) is 12.5. The van der Waals surface area contributed by atoms with Crippen LogP contribution < -0.4 is 5.46 Å². The topological polar surface area (TPSA) is 63.6 Å². The molecular weight excluding hydrogens is 299 g/mol. The number of benzene rings is 2. The van der Waals surface area contributed by atoms with Crippen molar-refractivity contribution in [3.63, 3.8) is 0 Å². The number of phenols is 1. The highest BCUT2D eigenvalue weighted by atomic mass is 32.2. The highest BCUT2D eigenvalue weighted by molar-refractivity contribution is 7.90. The van der Waals surface area contributed by atoms with E-state index in [1.54, 1.807) is 6.92 Å². The zero-order chi connectivity index (χ0) is 15.9. The second-order valence-corrected chi connectivity index (χ2v) is 7.65. The highest BCUT2D eigenvalue weighted by Crippen LogP contribution is 2.24. The first-order valence-electron chi connectivity index (χ1n) is 7.12. The number of hydrogen-bond acceptors (Lipinski definition) is 4. The maximum absolute atomic E-state index is 12.6. The molecule has 2 aromatic rings. The molecular formula is C16H17BO4S. The van der Waals surface area contributed by atoms with Crippen molar-refractivity contribution in [1.82, 2.24) is 0 Å². The van der Waals surface area contributed by atoms with Crippen LogP contribution in [0.1, 0.15) is 16.7 Å². The molecule has 0 bridgehead atoms. The van der Waals surface area contributed by atoms with Crippen molar-refractivity contribution < 1.29 is 18.2 Å². The van der Waals surface area contributed by atoms with Crippen LogP contribution >= 0.6 is 0 Å². The Hall–Kier alpha value is -1.79. The molecule has 0 saturated carbocycles. The molecule has 0 fully saturated rings. The van der Waals surface area contributed by atoms with E-state index >= 15 is 0 Å². The third kappa shape index (κ3) is 2.76. The average molecular weight is 316 g/mol. The van der Waals surface area contributed by atoms with E-state index in [9.17, 15) is 13.5 Å². The molecule has 2 aromatic carbocycles. The van der Waals surface area contributed by atoms with Crippen molar-refractivity contribution in [3.05, 3.63) is 53.1 Å². The van der Waals surface area contributed by atoms with E-state index in [2.05, 4.69) is 0 Å². The molecule has 0 amide bonds. The van der Waals surface area contributed by atoms with Gasteiger partial charge in [-0.3, -0.25) is 0 Å². The second-order valence-electron chi connectivity index (χ2n) is 5.70. The maximum atomic E-state index is 12.6. The third-order valence-electron chi connectivity index (χ3n) is 3.99. The minimum Gasteiger partial charge on any atom is -0.508 e. The standard InChI is InChI=1S/C16H17BO4S/c1-11-7-14(18)5-6-16(11)22(19,20)10-12-3-4-13-9-21-17(2)15(13)8-12/h3-8,18H,9-10H2,1-2H3. The normalized spacial score (nSPS) is 14.2. The predicted molar refractivity (Wildman–Crippen MR) is 86.2 cm³/mol. The van der Waals surface area contributed by atoms with Gasteiger partial charge in [-0.2, -0.15) is 0 Å². The summed E-state index contributed by atoms with van der Waals surface area (Å²) >= 11 is 0. The van der Waals surface area contributed by atoms with Gasteiger partial charge in [0.1, 0.15) is 5.75 Å². The number of rotatable bonds is 3. The largest absolute Gasteiger partial charge is 0.508 e. The molecule has 6 heteroatoms. The van der Waals surface area contributed by atoms with Crippen molar-refractivity contribution in [2.75, 3.05) is 0 Å². The summed E-state index contributed by atoms with van der Waals surface area (Å²) in [4.78, 5) is 0.259. The number of hydrogen-bond donors (Lipinski definition) is 1. The summed E-state index contributed by atoms with van der Waals surface area (Å²) in [5.74, 6) is 0.0125. The van der Waals surface area contributed by atoms with E-state index in [0.717, 1.165) is 16.6 Å². The van der Waals surface area contributed by atoms with Gasteiger partial charge in [0.15, 0.2) is 9.84 Å². The Morgan fingerprint density at radius 3 is 2.73 bits per heavy atom. The highest BCUT2D eigenvalue weighted by Gasteiger charge is 2.25. The zero-order valence-corrected chi connectivity index (χ0v) is 13.4. The van der Waals surface area contributed by atoms with Crippen LogP contribution in [0, 0.1) is 6.92 Å². The summed E-state index contributed by atoms with van der Waals surface area (Å²) in [7, 11) is -3.45. The van der Waals surface area contributed by atoms with Crippen LogP contribution in [0.3, 0.4) is 0 Å². The molecule has 1 N–H and O–H groups in total. The van der Waals surface area contributed by atoms with Gasteiger partial charge < -0.3 is 9.76 Å². The molecule has 0 unspecified atom stereocenters. The van der Waals surface area contributed by atoms with Gasteiger partial charge in [0.25, 0.3) is 0 Å². The van der Waals surface area contributed by atoms with Crippen molar-refractivity contribution in [3.8, 4) is 5.75 Å². The molecule has 0 radical (unpaired) electrons. The first kappa shape index (κ1) is 15.1. The van der Waals surface area contributed by atoms with Gasteiger partial charge in [-0.15, -0.1) is 0 Å². The molecule has 0 aromatic heterocycles. The monoisotopic (exact) mass is 316 g/mol. The SMILES string of the molecule is CB1OCc2ccc(CS(=O)(=O)c3ccc(O)cc3C)cc21. The van der Waals surface area contributed by atoms with Crippen molar-refractivity contribution >= 4 is 22.2 Å². The van der Waals surface area contributed by atoms with Crippen LogP contribution in [-0.2, 0) is 26.9 Å². The quantitative estimate of drug-likeness (QED) is 0.880. The Labute approximate surface area is 130 Å². The smallest absolute Gasteiger partial charge is 0.324 e. The van der Waals surface area contributed by atoms with Gasteiger partial charge in [0, 0.05) is 0 Å². The Balaban J connectivity index is 1.93. The molecule has 0 atom stereocenters. The number of fused-ring (bicyclic) bond motifs is 1. The summed E-state index contributed by atoms with van der Waals surface area (Å²) in [5, 5.41) is 9.42. The maximum Gasteiger partial charge on any atom is 0.324 e. The van der Waals surface area contributed by atoms with E-state index in [-0.39, 0.29) is 23.3 Å². The minimum atomic E-state index is -3.45. The van der Waals surface area contributed by atoms with E-state index in [1.807, 2.05) is 25.0 Å². The molecule has 0 aliphatic carbocycles. The summed E-state index contributed by atoms with van der Waals surface area (Å²) < 4.78 is 30.8. The lowest BCUT2D eigenvalue weighted by atomic mass is 9.64. The Morgan fingerprint density at radius 1 is 1.23 bits per heavy atom. The summed E-state index contributed by atoms with van der Waals surface area (Å²) in [6.07, 6.45) is 0. The van der Waals surface area contributed by atoms with Gasteiger partial charge in [-0.05, 0) is 47.3 Å². The van der Waals surface area contributed by atoms with E-state index in [4.69, 9.17) is 4.65 Å². The molecule has 1 heterocycles. The molecule has 1 aliphatic rings. The number of aryl methyl sites for hydroxylation is 1. The molecule has 22 heavy (non-hydrogen) atoms. The number of phenolic OH excluding ortho intramolecular Hbond substituents is 1. The van der Waals surface area contributed by atoms with Crippen LogP contribution in [-0.4, -0.2) is 20.4 Å². The van der Waals surface area contributed by atoms with Crippen LogP contribution in [0.5, 0.6) is 5.75 Å². The Morgan fingerprint density at radius 2 is 2.00 bits per heavy atom. The fraction of sp³-hybridized carbons (Fsp3) is 0.250. The molecule has 1 aliphatic heterocycles. The minimum absolute atomic E-state index is 0.00747. The average Bonchev–Trinajstić information content (AvgIpc) is 2.79. The molecule has 114 valence electrons. The van der Waals surface area contributed by atoms with Gasteiger partial charge >= 0.3 is 6.92 Å². The summed E-state index contributed by atoms with van der Waals surface area (Å²) in [6.45, 7) is 4.24.